The molecule has 1 unspecified atom stereocenters. The van der Waals surface area contributed by atoms with E-state index in [1.54, 1.807) is 6.92 Å². The van der Waals surface area contributed by atoms with E-state index >= 15 is 0 Å². The summed E-state index contributed by atoms with van der Waals surface area (Å²) in [6, 6.07) is 6.40. The minimum atomic E-state index is -1.82. The molecule has 0 aliphatic heterocycles. The maximum atomic E-state index is 9.10. The number of rotatable bonds is 6. The highest BCUT2D eigenvalue weighted by atomic mass is 16.5. The van der Waals surface area contributed by atoms with Gasteiger partial charge in [-0.1, -0.05) is 6.07 Å². The lowest BCUT2D eigenvalue weighted by Crippen LogP contribution is -2.28. The Morgan fingerprint density at radius 2 is 1.87 bits per heavy atom. The summed E-state index contributed by atoms with van der Waals surface area (Å²) in [7, 11) is 0. The van der Waals surface area contributed by atoms with Crippen molar-refractivity contribution in [1.29, 1.82) is 0 Å². The Morgan fingerprint density at radius 1 is 1.22 bits per heavy atom. The molecule has 4 N–H and O–H groups in total. The van der Waals surface area contributed by atoms with Crippen LogP contribution in [0.3, 0.4) is 0 Å². The Bertz CT molecular complexity index is 517. The Balaban J connectivity index is 0.000000379. The SMILES string of the molecule is CC(O)CNCCOc1ccc2c(c1)CCC2.O=C(O)C(=O)O. The van der Waals surface area contributed by atoms with E-state index in [4.69, 9.17) is 29.6 Å². The van der Waals surface area contributed by atoms with Crippen LogP contribution in [0, 0.1) is 0 Å². The van der Waals surface area contributed by atoms with Crippen LogP contribution in [0.25, 0.3) is 0 Å². The van der Waals surface area contributed by atoms with Gasteiger partial charge in [0.25, 0.3) is 0 Å². The maximum absolute atomic E-state index is 9.10. The molecule has 7 nitrogen and oxygen atoms in total. The summed E-state index contributed by atoms with van der Waals surface area (Å²) in [5, 5.41) is 27.0. The molecule has 0 saturated heterocycles. The molecule has 0 saturated carbocycles. The molecule has 0 radical (unpaired) electrons. The Labute approximate surface area is 134 Å². The van der Waals surface area contributed by atoms with Gasteiger partial charge in [0, 0.05) is 13.1 Å². The zero-order valence-corrected chi connectivity index (χ0v) is 13.1. The topological polar surface area (TPSA) is 116 Å². The van der Waals surface area contributed by atoms with E-state index in [0.29, 0.717) is 13.2 Å². The van der Waals surface area contributed by atoms with Crippen molar-refractivity contribution in [3.05, 3.63) is 29.3 Å². The molecule has 1 atom stereocenters. The van der Waals surface area contributed by atoms with Gasteiger partial charge in [0.2, 0.25) is 0 Å². The van der Waals surface area contributed by atoms with Crippen LogP contribution >= 0.6 is 0 Å². The zero-order valence-electron chi connectivity index (χ0n) is 13.1. The number of benzene rings is 1. The normalized spacial score (nSPS) is 13.5. The van der Waals surface area contributed by atoms with Crippen molar-refractivity contribution in [2.24, 2.45) is 0 Å². The van der Waals surface area contributed by atoms with Gasteiger partial charge in [-0.15, -0.1) is 0 Å². The third-order valence-electron chi connectivity index (χ3n) is 3.24. The van der Waals surface area contributed by atoms with Crippen LogP contribution in [0.5, 0.6) is 5.75 Å². The van der Waals surface area contributed by atoms with E-state index in [-0.39, 0.29) is 6.10 Å². The van der Waals surface area contributed by atoms with Crippen molar-refractivity contribution >= 4 is 11.9 Å². The van der Waals surface area contributed by atoms with Crippen LogP contribution in [0.4, 0.5) is 0 Å². The first-order valence-corrected chi connectivity index (χ1v) is 7.49. The smallest absolute Gasteiger partial charge is 0.414 e. The van der Waals surface area contributed by atoms with Gasteiger partial charge in [-0.05, 0) is 49.4 Å². The zero-order chi connectivity index (χ0) is 17.2. The van der Waals surface area contributed by atoms with Crippen LogP contribution in [-0.2, 0) is 22.4 Å². The number of ether oxygens (including phenoxy) is 1. The Hall–Kier alpha value is -2.12. The number of aryl methyl sites for hydroxylation is 2. The molecular formula is C16H23NO6. The number of fused-ring (bicyclic) bond motifs is 1. The van der Waals surface area contributed by atoms with E-state index in [1.165, 1.54) is 30.4 Å². The second-order valence-corrected chi connectivity index (χ2v) is 5.30. The molecule has 128 valence electrons. The highest BCUT2D eigenvalue weighted by molar-refractivity contribution is 6.27. The first kappa shape index (κ1) is 18.9. The van der Waals surface area contributed by atoms with Crippen molar-refractivity contribution in [2.45, 2.75) is 32.3 Å². The highest BCUT2D eigenvalue weighted by Crippen LogP contribution is 2.25. The van der Waals surface area contributed by atoms with E-state index in [2.05, 4.69) is 23.5 Å². The van der Waals surface area contributed by atoms with Gasteiger partial charge < -0.3 is 25.4 Å². The predicted octanol–water partition coefficient (Wildman–Crippen LogP) is 0.680. The fourth-order valence-electron chi connectivity index (χ4n) is 2.19. The molecule has 1 aliphatic rings. The molecule has 2 rings (SSSR count). The number of nitrogens with one attached hydrogen (secondary N) is 1. The summed E-state index contributed by atoms with van der Waals surface area (Å²) >= 11 is 0. The number of hydrogen-bond donors (Lipinski definition) is 4. The molecule has 0 bridgehead atoms. The van der Waals surface area contributed by atoms with Crippen LogP contribution in [0.1, 0.15) is 24.5 Å². The van der Waals surface area contributed by atoms with Gasteiger partial charge in [0.05, 0.1) is 6.10 Å². The molecule has 0 fully saturated rings. The molecule has 1 aliphatic carbocycles. The lowest BCUT2D eigenvalue weighted by molar-refractivity contribution is -0.159. The van der Waals surface area contributed by atoms with Crippen molar-refractivity contribution in [3.8, 4) is 5.75 Å². The van der Waals surface area contributed by atoms with Gasteiger partial charge in [0.1, 0.15) is 12.4 Å². The largest absolute Gasteiger partial charge is 0.492 e. The minimum Gasteiger partial charge on any atom is -0.492 e. The minimum absolute atomic E-state index is 0.296. The monoisotopic (exact) mass is 325 g/mol. The molecule has 1 aromatic carbocycles. The average molecular weight is 325 g/mol. The number of aliphatic carboxylic acids is 2. The predicted molar refractivity (Wildman–Crippen MR) is 83.8 cm³/mol. The molecular weight excluding hydrogens is 302 g/mol. The van der Waals surface area contributed by atoms with Crippen LogP contribution in [0.2, 0.25) is 0 Å². The molecule has 0 aromatic heterocycles. The maximum Gasteiger partial charge on any atom is 0.414 e. The van der Waals surface area contributed by atoms with Crippen molar-refractivity contribution < 1.29 is 29.6 Å². The van der Waals surface area contributed by atoms with Gasteiger partial charge in [-0.25, -0.2) is 9.59 Å². The number of aliphatic hydroxyl groups excluding tert-OH is 1. The van der Waals surface area contributed by atoms with Gasteiger partial charge in [0.15, 0.2) is 0 Å². The standard InChI is InChI=1S/C14H21NO2.C2H2O4/c1-11(16)10-15-7-8-17-14-6-5-12-3-2-4-13(12)9-14;3-1(4)2(5)6/h5-6,9,11,15-16H,2-4,7-8,10H2,1H3;(H,3,4)(H,5,6). The van der Waals surface area contributed by atoms with E-state index in [9.17, 15) is 0 Å². The second-order valence-electron chi connectivity index (χ2n) is 5.30. The Morgan fingerprint density at radius 3 is 2.48 bits per heavy atom. The summed E-state index contributed by atoms with van der Waals surface area (Å²) in [5.74, 6) is -2.69. The van der Waals surface area contributed by atoms with Crippen molar-refractivity contribution in [2.75, 3.05) is 19.7 Å². The summed E-state index contributed by atoms with van der Waals surface area (Å²) in [5.41, 5.74) is 2.92. The first-order chi connectivity index (χ1) is 10.9. The second kappa shape index (κ2) is 9.81. The Kier molecular flexibility index (Phi) is 8.07. The number of carboxylic acid groups (broad SMARTS) is 2. The van der Waals surface area contributed by atoms with Gasteiger partial charge >= 0.3 is 11.9 Å². The van der Waals surface area contributed by atoms with E-state index < -0.39 is 11.9 Å². The molecule has 0 spiro atoms. The number of carbonyl (C=O) groups is 2. The third-order valence-corrected chi connectivity index (χ3v) is 3.24. The quantitative estimate of drug-likeness (QED) is 0.449. The van der Waals surface area contributed by atoms with Crippen LogP contribution in [-0.4, -0.2) is 53.1 Å². The fraction of sp³-hybridized carbons (Fsp3) is 0.500. The number of aliphatic hydroxyl groups is 1. The molecule has 7 heteroatoms. The van der Waals surface area contributed by atoms with Crippen LogP contribution in [0.15, 0.2) is 18.2 Å². The number of hydrogen-bond acceptors (Lipinski definition) is 5. The van der Waals surface area contributed by atoms with E-state index in [1.807, 2.05) is 0 Å². The summed E-state index contributed by atoms with van der Waals surface area (Å²) in [6.45, 7) is 3.80. The molecule has 23 heavy (non-hydrogen) atoms. The van der Waals surface area contributed by atoms with Gasteiger partial charge in [-0.3, -0.25) is 0 Å². The average Bonchev–Trinajstić information content (AvgIpc) is 2.94. The van der Waals surface area contributed by atoms with Crippen molar-refractivity contribution in [1.82, 2.24) is 5.32 Å². The highest BCUT2D eigenvalue weighted by Gasteiger charge is 2.10. The van der Waals surface area contributed by atoms with Gasteiger partial charge in [-0.2, -0.15) is 0 Å². The third kappa shape index (κ3) is 7.62. The van der Waals surface area contributed by atoms with E-state index in [0.717, 1.165) is 12.3 Å². The van der Waals surface area contributed by atoms with Crippen LogP contribution < -0.4 is 10.1 Å². The fourth-order valence-corrected chi connectivity index (χ4v) is 2.19. The lowest BCUT2D eigenvalue weighted by atomic mass is 10.1. The first-order valence-electron chi connectivity index (χ1n) is 7.49. The number of carboxylic acids is 2. The molecule has 0 amide bonds. The summed E-state index contributed by atoms with van der Waals surface area (Å²) < 4.78 is 5.67. The lowest BCUT2D eigenvalue weighted by Gasteiger charge is -2.10. The molecule has 1 aromatic rings. The molecule has 0 heterocycles. The van der Waals surface area contributed by atoms with Crippen molar-refractivity contribution in [3.63, 3.8) is 0 Å². The summed E-state index contributed by atoms with van der Waals surface area (Å²) in [6.07, 6.45) is 3.38. The summed E-state index contributed by atoms with van der Waals surface area (Å²) in [4.78, 5) is 18.2.